The van der Waals surface area contributed by atoms with Crippen molar-refractivity contribution in [1.29, 1.82) is 5.41 Å². The van der Waals surface area contributed by atoms with Crippen LogP contribution in [-0.2, 0) is 9.59 Å². The maximum absolute atomic E-state index is 13.1. The van der Waals surface area contributed by atoms with Crippen LogP contribution in [0.3, 0.4) is 0 Å². The molecule has 9 heteroatoms. The Kier molecular flexibility index (Phi) is 8.65. The molecule has 1 heterocycles. The van der Waals surface area contributed by atoms with Crippen LogP contribution in [0.2, 0.25) is 10.0 Å². The van der Waals surface area contributed by atoms with Gasteiger partial charge in [0, 0.05) is 17.8 Å². The molecule has 3 rings (SSSR count). The van der Waals surface area contributed by atoms with Gasteiger partial charge in [0.2, 0.25) is 5.91 Å². The zero-order chi connectivity index (χ0) is 24.7. The van der Waals surface area contributed by atoms with Crippen LogP contribution < -0.4 is 21.7 Å². The third-order valence-electron chi connectivity index (χ3n) is 5.22. The first kappa shape index (κ1) is 25.2. The lowest BCUT2D eigenvalue weighted by Crippen LogP contribution is -2.37. The maximum Gasteiger partial charge on any atom is 0.272 e. The first-order chi connectivity index (χ1) is 16.3. The summed E-state index contributed by atoms with van der Waals surface area (Å²) in [6.07, 6.45) is 7.27. The molecule has 0 saturated carbocycles. The number of rotatable bonds is 8. The third-order valence-corrected chi connectivity index (χ3v) is 5.96. The Balaban J connectivity index is 1.81. The highest BCUT2D eigenvalue weighted by atomic mass is 35.5. The lowest BCUT2D eigenvalue weighted by atomic mass is 9.94. The van der Waals surface area contributed by atoms with Crippen molar-refractivity contribution in [1.82, 2.24) is 10.6 Å². The van der Waals surface area contributed by atoms with Crippen molar-refractivity contribution in [3.63, 3.8) is 0 Å². The average Bonchev–Trinajstić information content (AvgIpc) is 2.84. The predicted molar refractivity (Wildman–Crippen MR) is 138 cm³/mol. The van der Waals surface area contributed by atoms with E-state index in [1.54, 1.807) is 54.6 Å². The van der Waals surface area contributed by atoms with Crippen molar-refractivity contribution in [3.8, 4) is 0 Å². The Hall–Kier alpha value is -3.39. The zero-order valence-electron chi connectivity index (χ0n) is 18.3. The molecule has 0 radical (unpaired) electrons. The Morgan fingerprint density at radius 3 is 2.65 bits per heavy atom. The summed E-state index contributed by atoms with van der Waals surface area (Å²) in [5.74, 6) is -1.36. The number of dihydropyridines is 1. The Bertz CT molecular complexity index is 1190. The number of hydrogen-bond donors (Lipinski definition) is 5. The lowest BCUT2D eigenvalue weighted by molar-refractivity contribution is -0.118. The smallest absolute Gasteiger partial charge is 0.272 e. The molecule has 0 bridgehead atoms. The summed E-state index contributed by atoms with van der Waals surface area (Å²) >= 11 is 12.1. The van der Waals surface area contributed by atoms with Crippen molar-refractivity contribution in [2.75, 3.05) is 18.4 Å². The van der Waals surface area contributed by atoms with Crippen LogP contribution in [0, 0.1) is 5.41 Å². The minimum absolute atomic E-state index is 0.115. The van der Waals surface area contributed by atoms with Gasteiger partial charge >= 0.3 is 0 Å². The Morgan fingerprint density at radius 2 is 2.00 bits per heavy atom. The Morgan fingerprint density at radius 1 is 1.21 bits per heavy atom. The number of carbonyl (C=O) groups excluding carboxylic acids is 2. The molecule has 2 aromatic rings. The minimum Gasteiger partial charge on any atom is -0.377 e. The Labute approximate surface area is 208 Å². The molecule has 1 aliphatic heterocycles. The van der Waals surface area contributed by atoms with Crippen molar-refractivity contribution < 1.29 is 9.59 Å². The molecular formula is C25H25Cl2N5O2. The zero-order valence-corrected chi connectivity index (χ0v) is 19.8. The molecule has 0 aromatic heterocycles. The van der Waals surface area contributed by atoms with E-state index < -0.39 is 11.8 Å². The molecule has 2 amide bonds. The van der Waals surface area contributed by atoms with Gasteiger partial charge in [-0.25, -0.2) is 0 Å². The molecule has 6 N–H and O–H groups in total. The second-order valence-corrected chi connectivity index (χ2v) is 8.33. The van der Waals surface area contributed by atoms with Gasteiger partial charge in [0.15, 0.2) is 0 Å². The second kappa shape index (κ2) is 11.7. The van der Waals surface area contributed by atoms with Crippen LogP contribution in [-0.4, -0.2) is 30.7 Å². The molecule has 7 nitrogen and oxygen atoms in total. The van der Waals surface area contributed by atoms with E-state index in [4.69, 9.17) is 34.3 Å². The minimum atomic E-state index is -0.543. The summed E-state index contributed by atoms with van der Waals surface area (Å²) in [7, 11) is 0. The standard InChI is InChI=1S/C25H25Cl2N5O2/c1-2-15-6-8-17(14-19(15)23(29)32-25(34)22-5-3-4-12-30-22)31-24(33)18(10-11-28)16-7-9-20(26)21(27)13-16/h2-9,13-14,18,30H,1,10-12,28H2,(H,31,33)(H2,29,32,34). The highest BCUT2D eigenvalue weighted by Gasteiger charge is 2.22. The average molecular weight is 498 g/mol. The molecule has 34 heavy (non-hydrogen) atoms. The van der Waals surface area contributed by atoms with Crippen LogP contribution in [0.1, 0.15) is 29.0 Å². The van der Waals surface area contributed by atoms with Crippen LogP contribution in [0.5, 0.6) is 0 Å². The molecule has 2 aromatic carbocycles. The summed E-state index contributed by atoms with van der Waals surface area (Å²) < 4.78 is 0. The molecule has 0 fully saturated rings. The number of halogens is 2. The molecule has 0 aliphatic carbocycles. The number of nitrogens with two attached hydrogens (primary N) is 1. The molecule has 176 valence electrons. The van der Waals surface area contributed by atoms with Gasteiger partial charge in [-0.05, 0) is 54.4 Å². The summed E-state index contributed by atoms with van der Waals surface area (Å²) in [4.78, 5) is 25.6. The number of allylic oxidation sites excluding steroid dienone is 2. The van der Waals surface area contributed by atoms with Gasteiger partial charge in [0.25, 0.3) is 5.91 Å². The van der Waals surface area contributed by atoms with Gasteiger partial charge in [0.05, 0.1) is 16.0 Å². The SMILES string of the molecule is C=Cc1ccc(NC(=O)C(CCN)c2ccc(Cl)c(Cl)c2)cc1C(=N)NC(=O)C1=CC=CCN1. The summed E-state index contributed by atoms with van der Waals surface area (Å²) in [6.45, 7) is 4.61. The summed E-state index contributed by atoms with van der Waals surface area (Å²) in [5.41, 5.74) is 8.32. The third kappa shape index (κ3) is 6.14. The normalized spacial score (nSPS) is 13.3. The van der Waals surface area contributed by atoms with Crippen LogP contribution in [0.25, 0.3) is 6.08 Å². The predicted octanol–water partition coefficient (Wildman–Crippen LogP) is 4.19. The van der Waals surface area contributed by atoms with Crippen molar-refractivity contribution in [3.05, 3.63) is 93.6 Å². The van der Waals surface area contributed by atoms with E-state index >= 15 is 0 Å². The van der Waals surface area contributed by atoms with Gasteiger partial charge in [-0.1, -0.05) is 60.1 Å². The van der Waals surface area contributed by atoms with E-state index in [0.29, 0.717) is 57.6 Å². The number of carbonyl (C=O) groups is 2. The van der Waals surface area contributed by atoms with Gasteiger partial charge in [-0.2, -0.15) is 0 Å². The number of amides is 2. The van der Waals surface area contributed by atoms with E-state index in [2.05, 4.69) is 22.5 Å². The molecule has 1 unspecified atom stereocenters. The molecule has 0 spiro atoms. The van der Waals surface area contributed by atoms with E-state index in [1.165, 1.54) is 0 Å². The van der Waals surface area contributed by atoms with Gasteiger partial charge < -0.3 is 21.7 Å². The highest BCUT2D eigenvalue weighted by molar-refractivity contribution is 6.42. The number of benzene rings is 2. The van der Waals surface area contributed by atoms with Crippen molar-refractivity contribution in [2.24, 2.45) is 5.73 Å². The second-order valence-electron chi connectivity index (χ2n) is 7.52. The molecule has 1 aliphatic rings. The van der Waals surface area contributed by atoms with Crippen LogP contribution >= 0.6 is 23.2 Å². The van der Waals surface area contributed by atoms with E-state index in [9.17, 15) is 9.59 Å². The summed E-state index contributed by atoms with van der Waals surface area (Å²) in [6, 6.07) is 10.1. The van der Waals surface area contributed by atoms with E-state index in [-0.39, 0.29) is 11.7 Å². The number of nitrogens with one attached hydrogen (secondary N) is 4. The van der Waals surface area contributed by atoms with Crippen molar-refractivity contribution >= 4 is 52.6 Å². The highest BCUT2D eigenvalue weighted by Crippen LogP contribution is 2.29. The maximum atomic E-state index is 13.1. The molecule has 0 saturated heterocycles. The van der Waals surface area contributed by atoms with Crippen LogP contribution in [0.4, 0.5) is 5.69 Å². The quantitative estimate of drug-likeness (QED) is 0.277. The molecular weight excluding hydrogens is 473 g/mol. The van der Waals surface area contributed by atoms with Crippen LogP contribution in [0.15, 0.2) is 66.9 Å². The van der Waals surface area contributed by atoms with Gasteiger partial charge in [0.1, 0.15) is 11.5 Å². The number of amidine groups is 1. The van der Waals surface area contributed by atoms with Gasteiger partial charge in [-0.15, -0.1) is 0 Å². The first-order valence-corrected chi connectivity index (χ1v) is 11.3. The fourth-order valence-corrected chi connectivity index (χ4v) is 3.77. The van der Waals surface area contributed by atoms with E-state index in [1.807, 2.05) is 6.08 Å². The van der Waals surface area contributed by atoms with Crippen molar-refractivity contribution in [2.45, 2.75) is 12.3 Å². The van der Waals surface area contributed by atoms with Gasteiger partial charge in [-0.3, -0.25) is 15.0 Å². The fourth-order valence-electron chi connectivity index (χ4n) is 3.47. The summed E-state index contributed by atoms with van der Waals surface area (Å²) in [5, 5.41) is 17.6. The van der Waals surface area contributed by atoms with E-state index in [0.717, 1.165) is 0 Å². The monoisotopic (exact) mass is 497 g/mol. The fraction of sp³-hybridized carbons (Fsp3) is 0.160. The number of hydrogen-bond acceptors (Lipinski definition) is 5. The number of anilines is 1. The first-order valence-electron chi connectivity index (χ1n) is 10.6. The largest absolute Gasteiger partial charge is 0.377 e. The lowest BCUT2D eigenvalue weighted by Gasteiger charge is -2.18. The molecule has 1 atom stereocenters. The topological polar surface area (TPSA) is 120 Å².